The van der Waals surface area contributed by atoms with E-state index < -0.39 is 11.6 Å². The van der Waals surface area contributed by atoms with Crippen LogP contribution in [0, 0.1) is 0 Å². The van der Waals surface area contributed by atoms with Crippen molar-refractivity contribution < 1.29 is 19.4 Å². The predicted molar refractivity (Wildman–Crippen MR) is 143 cm³/mol. The van der Waals surface area contributed by atoms with Gasteiger partial charge in [0.15, 0.2) is 0 Å². The first-order valence-corrected chi connectivity index (χ1v) is 12.9. The Hall–Kier alpha value is -2.98. The van der Waals surface area contributed by atoms with Crippen LogP contribution in [0.15, 0.2) is 54.7 Å². The number of hydrogen-bond donors (Lipinski definition) is 4. The molecule has 4 N–H and O–H groups in total. The summed E-state index contributed by atoms with van der Waals surface area (Å²) in [7, 11) is 0. The molecule has 2 amide bonds. The van der Waals surface area contributed by atoms with Gasteiger partial charge in [-0.1, -0.05) is 36.4 Å². The maximum atomic E-state index is 13.0. The number of fused-ring (bicyclic) bond motifs is 1. The van der Waals surface area contributed by atoms with Crippen LogP contribution in [0.5, 0.6) is 0 Å². The molecule has 3 aromatic rings. The van der Waals surface area contributed by atoms with Gasteiger partial charge in [0.1, 0.15) is 17.4 Å². The van der Waals surface area contributed by atoms with Crippen molar-refractivity contribution in [2.45, 2.75) is 57.7 Å². The second-order valence-electron chi connectivity index (χ2n) is 9.42. The number of carbonyl (C=O) groups excluding carboxylic acids is 2. The number of ether oxygens (including phenoxy) is 1. The lowest BCUT2D eigenvalue weighted by molar-refractivity contribution is -0.127. The topological polar surface area (TPSA) is 117 Å². The van der Waals surface area contributed by atoms with Crippen LogP contribution in [0.25, 0.3) is 5.52 Å². The number of rotatable bonds is 15. The summed E-state index contributed by atoms with van der Waals surface area (Å²) >= 11 is 5.81. The van der Waals surface area contributed by atoms with Crippen molar-refractivity contribution in [1.29, 1.82) is 0 Å². The number of benzene rings is 1. The third kappa shape index (κ3) is 8.26. The second-order valence-corrected chi connectivity index (χ2v) is 9.61. The van der Waals surface area contributed by atoms with E-state index in [9.17, 15) is 9.59 Å². The first-order chi connectivity index (χ1) is 17.9. The molecule has 1 unspecified atom stereocenters. The lowest BCUT2D eigenvalue weighted by atomic mass is 10.1. The second kappa shape index (κ2) is 14.1. The van der Waals surface area contributed by atoms with Gasteiger partial charge in [-0.25, -0.2) is 9.82 Å². The number of unbranched alkanes of at least 4 members (excludes halogenated alkanes) is 1. The van der Waals surface area contributed by atoms with Gasteiger partial charge in [0.25, 0.3) is 0 Å². The Morgan fingerprint density at radius 3 is 2.65 bits per heavy atom. The molecule has 1 aromatic carbocycles. The van der Waals surface area contributed by atoms with E-state index in [4.69, 9.17) is 21.6 Å². The molecule has 0 saturated heterocycles. The fraction of sp³-hybridized carbons (Fsp3) is 0.444. The Bertz CT molecular complexity index is 1150. The number of halogens is 1. The summed E-state index contributed by atoms with van der Waals surface area (Å²) in [5.74, 6) is 0.260. The van der Waals surface area contributed by atoms with Crippen LogP contribution in [0.3, 0.4) is 0 Å². The zero-order valence-corrected chi connectivity index (χ0v) is 22.1. The van der Waals surface area contributed by atoms with Crippen molar-refractivity contribution in [2.24, 2.45) is 0 Å². The smallest absolute Gasteiger partial charge is 0.241 e. The van der Waals surface area contributed by atoms with Crippen LogP contribution in [0.2, 0.25) is 0 Å². The number of aliphatic hydroxyl groups is 1. The molecule has 2 heterocycles. The van der Waals surface area contributed by atoms with Gasteiger partial charge in [-0.3, -0.25) is 14.0 Å². The molecule has 2 aromatic heterocycles. The molecule has 3 rings (SSSR count). The Morgan fingerprint density at radius 1 is 1.14 bits per heavy atom. The molecule has 0 fully saturated rings. The third-order valence-electron chi connectivity index (χ3n) is 5.99. The molecule has 0 saturated carbocycles. The minimum absolute atomic E-state index is 0.0532. The SMILES string of the molecule is CC(C)(NCl)C(=O)NC(COCc1ccccc1)c1ncc2cccc(CCC(=O)NCCCCO)n12. The molecule has 0 bridgehead atoms. The van der Waals surface area contributed by atoms with E-state index in [1.807, 2.05) is 52.9 Å². The number of nitrogens with one attached hydrogen (secondary N) is 3. The van der Waals surface area contributed by atoms with Gasteiger partial charge in [-0.05, 0) is 62.6 Å². The molecule has 1 atom stereocenters. The van der Waals surface area contributed by atoms with Crippen LogP contribution in [-0.2, 0) is 27.4 Å². The maximum absolute atomic E-state index is 13.0. The highest BCUT2D eigenvalue weighted by Crippen LogP contribution is 2.20. The van der Waals surface area contributed by atoms with Crippen LogP contribution in [0.4, 0.5) is 0 Å². The van der Waals surface area contributed by atoms with E-state index in [0.29, 0.717) is 38.2 Å². The lowest BCUT2D eigenvalue weighted by Gasteiger charge is -2.26. The monoisotopic (exact) mass is 529 g/mol. The quantitative estimate of drug-likeness (QED) is 0.178. The summed E-state index contributed by atoms with van der Waals surface area (Å²) in [6.07, 6.45) is 3.94. The van der Waals surface area contributed by atoms with Crippen molar-refractivity contribution >= 4 is 29.1 Å². The summed E-state index contributed by atoms with van der Waals surface area (Å²) in [5, 5.41) is 14.8. The largest absolute Gasteiger partial charge is 0.396 e. The minimum Gasteiger partial charge on any atom is -0.396 e. The van der Waals surface area contributed by atoms with Gasteiger partial charge in [0.2, 0.25) is 11.8 Å². The molecule has 200 valence electrons. The van der Waals surface area contributed by atoms with Crippen LogP contribution < -0.4 is 15.5 Å². The summed E-state index contributed by atoms with van der Waals surface area (Å²) in [6, 6.07) is 15.0. The number of aliphatic hydroxyl groups excluding tert-OH is 1. The molecule has 37 heavy (non-hydrogen) atoms. The average Bonchev–Trinajstić information content (AvgIpc) is 3.34. The molecule has 10 heteroatoms. The van der Waals surface area contributed by atoms with Crippen molar-refractivity contribution in [3.8, 4) is 0 Å². The molecule has 0 spiro atoms. The first-order valence-electron chi connectivity index (χ1n) is 12.5. The molecule has 9 nitrogen and oxygen atoms in total. The summed E-state index contributed by atoms with van der Waals surface area (Å²) in [6.45, 7) is 4.61. The van der Waals surface area contributed by atoms with E-state index in [0.717, 1.165) is 23.2 Å². The van der Waals surface area contributed by atoms with E-state index in [1.54, 1.807) is 20.0 Å². The molecular weight excluding hydrogens is 494 g/mol. The van der Waals surface area contributed by atoms with Crippen LogP contribution >= 0.6 is 11.8 Å². The van der Waals surface area contributed by atoms with Crippen molar-refractivity contribution in [1.82, 2.24) is 24.9 Å². The Labute approximate surface area is 222 Å². The van der Waals surface area contributed by atoms with Crippen molar-refractivity contribution in [3.05, 3.63) is 71.8 Å². The number of carbonyl (C=O) groups is 2. The number of nitrogens with zero attached hydrogens (tertiary/aromatic N) is 2. The van der Waals surface area contributed by atoms with Gasteiger partial charge in [0, 0.05) is 25.3 Å². The molecule has 0 aliphatic heterocycles. The molecule has 0 aliphatic carbocycles. The summed E-state index contributed by atoms with van der Waals surface area (Å²) in [5.41, 5.74) is 1.76. The van der Waals surface area contributed by atoms with E-state index in [2.05, 4.69) is 20.5 Å². The fourth-order valence-corrected chi connectivity index (χ4v) is 3.90. The summed E-state index contributed by atoms with van der Waals surface area (Å²) < 4.78 is 7.97. The number of pyridine rings is 1. The Balaban J connectivity index is 1.80. The van der Waals surface area contributed by atoms with Gasteiger partial charge >= 0.3 is 0 Å². The highest BCUT2D eigenvalue weighted by atomic mass is 35.5. The normalized spacial score (nSPS) is 12.4. The minimum atomic E-state index is -1.01. The zero-order chi connectivity index (χ0) is 26.7. The average molecular weight is 530 g/mol. The van der Waals surface area contributed by atoms with Gasteiger partial charge in [-0.2, -0.15) is 0 Å². The Morgan fingerprint density at radius 2 is 1.92 bits per heavy atom. The van der Waals surface area contributed by atoms with Gasteiger partial charge in [-0.15, -0.1) is 0 Å². The van der Waals surface area contributed by atoms with E-state index in [1.165, 1.54) is 0 Å². The highest BCUT2D eigenvalue weighted by Gasteiger charge is 2.30. The third-order valence-corrected chi connectivity index (χ3v) is 6.46. The first kappa shape index (κ1) is 28.6. The van der Waals surface area contributed by atoms with Gasteiger partial charge < -0.3 is 20.5 Å². The fourth-order valence-electron chi connectivity index (χ4n) is 3.81. The van der Waals surface area contributed by atoms with Crippen molar-refractivity contribution in [3.63, 3.8) is 0 Å². The van der Waals surface area contributed by atoms with Crippen molar-refractivity contribution in [2.75, 3.05) is 19.8 Å². The molecule has 0 radical (unpaired) electrons. The highest BCUT2D eigenvalue weighted by molar-refractivity contribution is 6.15. The number of aromatic nitrogens is 2. The number of aryl methyl sites for hydroxylation is 1. The number of hydrogen-bond acceptors (Lipinski definition) is 6. The summed E-state index contributed by atoms with van der Waals surface area (Å²) in [4.78, 5) is 32.5. The predicted octanol–water partition coefficient (Wildman–Crippen LogP) is 3.05. The number of imidazole rings is 1. The molecule has 0 aliphatic rings. The Kier molecular flexibility index (Phi) is 10.9. The van der Waals surface area contributed by atoms with Crippen LogP contribution in [0.1, 0.15) is 56.2 Å². The lowest BCUT2D eigenvalue weighted by Crippen LogP contribution is -2.51. The maximum Gasteiger partial charge on any atom is 0.241 e. The molecular formula is C27H36ClN5O4. The van der Waals surface area contributed by atoms with Gasteiger partial charge in [0.05, 0.1) is 24.9 Å². The standard InChI is InChI=1S/C27H36ClN5O4/c1-27(2,32-28)26(36)31-23(19-37-18-20-9-4-3-5-10-20)25-30-17-22-12-8-11-21(33(22)25)13-14-24(35)29-15-6-7-16-34/h3-5,8-12,17,23,32,34H,6-7,13-16,18-19H2,1-2H3,(H,29,35)(H,31,36). The van der Waals surface area contributed by atoms with E-state index in [-0.39, 0.29) is 25.0 Å². The zero-order valence-electron chi connectivity index (χ0n) is 21.4. The van der Waals surface area contributed by atoms with E-state index >= 15 is 0 Å². The number of amides is 2. The van der Waals surface area contributed by atoms with Crippen LogP contribution in [-0.4, -0.2) is 51.6 Å².